The summed E-state index contributed by atoms with van der Waals surface area (Å²) in [6.07, 6.45) is 10.4. The van der Waals surface area contributed by atoms with E-state index in [4.69, 9.17) is 9.72 Å². The summed E-state index contributed by atoms with van der Waals surface area (Å²) in [5.74, 6) is 1.50. The SMILES string of the molecule is CC(C)=CCC/C(C)=C/CCC(C)CCOc1ccc2nc3c(C)cc(=O)c(C)c-3sc2c1. The van der Waals surface area contributed by atoms with Crippen molar-refractivity contribution in [3.05, 3.63) is 68.9 Å². The highest BCUT2D eigenvalue weighted by atomic mass is 32.1. The van der Waals surface area contributed by atoms with Crippen molar-refractivity contribution in [1.29, 1.82) is 0 Å². The van der Waals surface area contributed by atoms with Gasteiger partial charge in [0.25, 0.3) is 0 Å². The van der Waals surface area contributed by atoms with Crippen LogP contribution in [0.15, 0.2) is 52.4 Å². The number of benzene rings is 2. The highest BCUT2D eigenvalue weighted by Gasteiger charge is 2.15. The standard InChI is InChI=1S/C29H37NO2S/c1-19(2)9-7-10-20(3)11-8-12-21(4)15-16-32-24-13-14-25-27(18-24)33-29-23(6)26(31)17-22(5)28(29)30-25/h9,11,13-14,17-18,21H,7-8,10,12,15-16H2,1-6H3/b20-11+. The van der Waals surface area contributed by atoms with Crippen molar-refractivity contribution < 1.29 is 4.74 Å². The third-order valence-corrected chi connectivity index (χ3v) is 7.40. The number of hydrogen-bond donors (Lipinski definition) is 0. The Morgan fingerprint density at radius 2 is 1.88 bits per heavy atom. The van der Waals surface area contributed by atoms with Crippen molar-refractivity contribution >= 4 is 21.6 Å². The molecular formula is C29H37NO2S. The molecule has 33 heavy (non-hydrogen) atoms. The Labute approximate surface area is 202 Å². The van der Waals surface area contributed by atoms with Crippen molar-refractivity contribution in [3.8, 4) is 16.3 Å². The summed E-state index contributed by atoms with van der Waals surface area (Å²) in [5.41, 5.74) is 6.55. The summed E-state index contributed by atoms with van der Waals surface area (Å²) in [7, 11) is 0. The van der Waals surface area contributed by atoms with Crippen LogP contribution in [0.3, 0.4) is 0 Å². The van der Waals surface area contributed by atoms with Crippen LogP contribution >= 0.6 is 11.3 Å². The molecule has 0 radical (unpaired) electrons. The first kappa shape index (κ1) is 25.2. The van der Waals surface area contributed by atoms with Gasteiger partial charge in [-0.05, 0) is 102 Å². The lowest BCUT2D eigenvalue weighted by molar-refractivity contribution is 0.280. The predicted octanol–water partition coefficient (Wildman–Crippen LogP) is 8.26. The zero-order chi connectivity index (χ0) is 24.0. The molecule has 1 aliphatic heterocycles. The maximum absolute atomic E-state index is 12.2. The van der Waals surface area contributed by atoms with Gasteiger partial charge in [0.1, 0.15) is 5.75 Å². The summed E-state index contributed by atoms with van der Waals surface area (Å²) in [6.45, 7) is 13.4. The van der Waals surface area contributed by atoms with Gasteiger partial charge in [-0.3, -0.25) is 4.79 Å². The van der Waals surface area contributed by atoms with E-state index in [1.54, 1.807) is 17.4 Å². The number of aryl methyl sites for hydroxylation is 1. The Morgan fingerprint density at radius 1 is 1.09 bits per heavy atom. The van der Waals surface area contributed by atoms with Gasteiger partial charge in [-0.2, -0.15) is 0 Å². The van der Waals surface area contributed by atoms with E-state index in [1.165, 1.54) is 17.6 Å². The fourth-order valence-electron chi connectivity index (χ4n) is 3.92. The molecule has 1 aromatic carbocycles. The number of fused-ring (bicyclic) bond motifs is 2. The van der Waals surface area contributed by atoms with Gasteiger partial charge in [0.2, 0.25) is 0 Å². The van der Waals surface area contributed by atoms with E-state index in [0.717, 1.165) is 63.3 Å². The quantitative estimate of drug-likeness (QED) is 0.224. The molecule has 1 aromatic rings. The predicted molar refractivity (Wildman–Crippen MR) is 143 cm³/mol. The van der Waals surface area contributed by atoms with E-state index >= 15 is 0 Å². The van der Waals surface area contributed by atoms with Crippen molar-refractivity contribution in [3.63, 3.8) is 0 Å². The Kier molecular flexibility index (Phi) is 8.85. The number of rotatable bonds is 10. The number of hydrogen-bond acceptors (Lipinski definition) is 4. The average molecular weight is 464 g/mol. The Hall–Kier alpha value is -2.46. The first-order valence-corrected chi connectivity index (χ1v) is 12.8. The van der Waals surface area contributed by atoms with E-state index in [9.17, 15) is 4.79 Å². The van der Waals surface area contributed by atoms with Gasteiger partial charge >= 0.3 is 0 Å². The first-order valence-electron chi connectivity index (χ1n) is 12.0. The fourth-order valence-corrected chi connectivity index (χ4v) is 5.09. The molecule has 1 atom stereocenters. The van der Waals surface area contributed by atoms with Gasteiger partial charge in [0.15, 0.2) is 5.43 Å². The highest BCUT2D eigenvalue weighted by molar-refractivity contribution is 7.21. The molecule has 0 fully saturated rings. The highest BCUT2D eigenvalue weighted by Crippen LogP contribution is 2.35. The van der Waals surface area contributed by atoms with Crippen LogP contribution in [0.25, 0.3) is 20.8 Å². The molecule has 0 saturated heterocycles. The van der Waals surface area contributed by atoms with Crippen LogP contribution in [0.2, 0.25) is 0 Å². The van der Waals surface area contributed by atoms with E-state index in [1.807, 2.05) is 26.0 Å². The third kappa shape index (κ3) is 7.01. The minimum Gasteiger partial charge on any atom is -0.494 e. The Morgan fingerprint density at radius 3 is 2.64 bits per heavy atom. The van der Waals surface area contributed by atoms with Crippen LogP contribution in [-0.2, 0) is 0 Å². The Balaban J connectivity index is 1.54. The average Bonchev–Trinajstić information content (AvgIpc) is 2.76. The lowest BCUT2D eigenvalue weighted by atomic mass is 10.0. The molecule has 0 N–H and O–H groups in total. The minimum absolute atomic E-state index is 0.0803. The van der Waals surface area contributed by atoms with Gasteiger partial charge in [0, 0.05) is 5.56 Å². The Bertz CT molecular complexity index is 1180. The molecule has 1 aliphatic carbocycles. The van der Waals surface area contributed by atoms with E-state index in [0.29, 0.717) is 12.5 Å². The monoisotopic (exact) mass is 463 g/mol. The van der Waals surface area contributed by atoms with Crippen LogP contribution in [0, 0.1) is 19.8 Å². The van der Waals surface area contributed by atoms with Crippen molar-refractivity contribution in [2.24, 2.45) is 5.92 Å². The molecule has 0 amide bonds. The molecule has 0 saturated carbocycles. The van der Waals surface area contributed by atoms with Crippen molar-refractivity contribution in [1.82, 2.24) is 4.98 Å². The van der Waals surface area contributed by atoms with Crippen LogP contribution < -0.4 is 10.2 Å². The molecule has 1 unspecified atom stereocenters. The number of nitrogens with zero attached hydrogens (tertiary/aromatic N) is 1. The van der Waals surface area contributed by atoms with Gasteiger partial charge in [-0.1, -0.05) is 30.2 Å². The van der Waals surface area contributed by atoms with Gasteiger partial charge in [-0.15, -0.1) is 11.3 Å². The molecule has 0 bridgehead atoms. The van der Waals surface area contributed by atoms with Gasteiger partial charge in [0.05, 0.1) is 27.4 Å². The summed E-state index contributed by atoms with van der Waals surface area (Å²) in [6, 6.07) is 7.76. The van der Waals surface area contributed by atoms with Crippen molar-refractivity contribution in [2.75, 3.05) is 6.61 Å². The van der Waals surface area contributed by atoms with Crippen LogP contribution in [0.5, 0.6) is 5.75 Å². The molecule has 3 nitrogen and oxygen atoms in total. The maximum atomic E-state index is 12.2. The summed E-state index contributed by atoms with van der Waals surface area (Å²) >= 11 is 1.63. The largest absolute Gasteiger partial charge is 0.494 e. The number of allylic oxidation sites excluding steroid dienone is 4. The lowest BCUT2D eigenvalue weighted by Crippen LogP contribution is -2.08. The van der Waals surface area contributed by atoms with Crippen molar-refractivity contribution in [2.45, 2.75) is 73.6 Å². The minimum atomic E-state index is 0.0803. The maximum Gasteiger partial charge on any atom is 0.183 e. The molecule has 4 heteroatoms. The zero-order valence-corrected chi connectivity index (χ0v) is 21.8. The second kappa shape index (κ2) is 11.6. The normalized spacial score (nSPS) is 12.8. The molecule has 0 aromatic heterocycles. The molecule has 2 aliphatic rings. The zero-order valence-electron chi connectivity index (χ0n) is 21.0. The summed E-state index contributed by atoms with van der Waals surface area (Å²) in [4.78, 5) is 18.0. The molecule has 3 rings (SSSR count). The van der Waals surface area contributed by atoms with E-state index in [-0.39, 0.29) is 5.43 Å². The molecule has 1 heterocycles. The van der Waals surface area contributed by atoms with Crippen LogP contribution in [0.1, 0.15) is 70.9 Å². The lowest BCUT2D eigenvalue weighted by Gasteiger charge is -2.14. The van der Waals surface area contributed by atoms with Gasteiger partial charge < -0.3 is 4.74 Å². The number of ether oxygens (including phenoxy) is 1. The topological polar surface area (TPSA) is 39.2 Å². The van der Waals surface area contributed by atoms with Gasteiger partial charge in [-0.25, -0.2) is 4.98 Å². The van der Waals surface area contributed by atoms with E-state index in [2.05, 4.69) is 45.9 Å². The fraction of sp³-hybridized carbons (Fsp3) is 0.448. The second-order valence-electron chi connectivity index (χ2n) is 9.53. The third-order valence-electron chi connectivity index (χ3n) is 6.14. The van der Waals surface area contributed by atoms with Crippen LogP contribution in [0.4, 0.5) is 0 Å². The smallest absolute Gasteiger partial charge is 0.183 e. The number of aromatic nitrogens is 1. The van der Waals surface area contributed by atoms with E-state index < -0.39 is 0 Å². The molecular weight excluding hydrogens is 426 g/mol. The first-order chi connectivity index (χ1) is 15.7. The molecule has 176 valence electrons. The molecule has 0 spiro atoms. The second-order valence-corrected chi connectivity index (χ2v) is 10.6. The summed E-state index contributed by atoms with van der Waals surface area (Å²) < 4.78 is 7.12. The summed E-state index contributed by atoms with van der Waals surface area (Å²) in [5, 5.41) is 0. The van der Waals surface area contributed by atoms with Crippen LogP contribution in [-0.4, -0.2) is 11.6 Å².